The average Bonchev–Trinajstić information content (AvgIpc) is 2.24. The molecule has 2 heteroatoms. The van der Waals surface area contributed by atoms with Crippen molar-refractivity contribution in [1.29, 1.82) is 0 Å². The standard InChI is InChI=1S/C14H21NO/c1-11-8-13(9-11)15-10-14(2,16)12-6-4-3-5-7-12/h3-7,11,13,15-16H,8-10H2,1-2H3. The summed E-state index contributed by atoms with van der Waals surface area (Å²) in [6, 6.07) is 10.5. The molecule has 2 nitrogen and oxygen atoms in total. The highest BCUT2D eigenvalue weighted by Gasteiger charge is 2.28. The van der Waals surface area contributed by atoms with Gasteiger partial charge in [0.15, 0.2) is 0 Å². The third-order valence-electron chi connectivity index (χ3n) is 3.50. The van der Waals surface area contributed by atoms with Crippen LogP contribution in [-0.4, -0.2) is 17.7 Å². The van der Waals surface area contributed by atoms with Crippen LogP contribution < -0.4 is 5.32 Å². The molecule has 88 valence electrons. The van der Waals surface area contributed by atoms with Crippen LogP contribution in [0.2, 0.25) is 0 Å². The molecule has 1 unspecified atom stereocenters. The summed E-state index contributed by atoms with van der Waals surface area (Å²) in [4.78, 5) is 0. The Morgan fingerprint density at radius 2 is 1.94 bits per heavy atom. The molecule has 1 saturated carbocycles. The van der Waals surface area contributed by atoms with Gasteiger partial charge < -0.3 is 10.4 Å². The first kappa shape index (κ1) is 11.6. The summed E-state index contributed by atoms with van der Waals surface area (Å²) >= 11 is 0. The maximum Gasteiger partial charge on any atom is 0.0992 e. The van der Waals surface area contributed by atoms with Gasteiger partial charge in [0.1, 0.15) is 0 Å². The van der Waals surface area contributed by atoms with E-state index in [9.17, 15) is 5.11 Å². The highest BCUT2D eigenvalue weighted by molar-refractivity contribution is 5.21. The van der Waals surface area contributed by atoms with Gasteiger partial charge in [0.2, 0.25) is 0 Å². The van der Waals surface area contributed by atoms with Crippen molar-refractivity contribution < 1.29 is 5.11 Å². The van der Waals surface area contributed by atoms with Crippen molar-refractivity contribution in [2.24, 2.45) is 5.92 Å². The van der Waals surface area contributed by atoms with Gasteiger partial charge >= 0.3 is 0 Å². The zero-order valence-corrected chi connectivity index (χ0v) is 10.1. The SMILES string of the molecule is CC1CC(NCC(C)(O)c2ccccc2)C1. The summed E-state index contributed by atoms with van der Waals surface area (Å²) in [5.41, 5.74) is 0.218. The second-order valence-corrected chi connectivity index (χ2v) is 5.29. The fraction of sp³-hybridized carbons (Fsp3) is 0.571. The molecule has 1 fully saturated rings. The molecule has 0 amide bonds. The Kier molecular flexibility index (Phi) is 3.31. The second-order valence-electron chi connectivity index (χ2n) is 5.29. The lowest BCUT2D eigenvalue weighted by atomic mass is 9.81. The smallest absolute Gasteiger partial charge is 0.0992 e. The van der Waals surface area contributed by atoms with E-state index in [1.165, 1.54) is 12.8 Å². The minimum absolute atomic E-state index is 0.602. The molecule has 16 heavy (non-hydrogen) atoms. The van der Waals surface area contributed by atoms with Gasteiger partial charge in [-0.1, -0.05) is 37.3 Å². The van der Waals surface area contributed by atoms with Gasteiger partial charge in [-0.05, 0) is 31.2 Å². The molecule has 0 bridgehead atoms. The van der Waals surface area contributed by atoms with Crippen LogP contribution in [0, 0.1) is 5.92 Å². The van der Waals surface area contributed by atoms with Crippen molar-refractivity contribution in [3.63, 3.8) is 0 Å². The third-order valence-corrected chi connectivity index (χ3v) is 3.50. The third kappa shape index (κ3) is 2.63. The van der Waals surface area contributed by atoms with Gasteiger partial charge in [-0.25, -0.2) is 0 Å². The number of nitrogens with one attached hydrogen (secondary N) is 1. The fourth-order valence-corrected chi connectivity index (χ4v) is 2.31. The molecule has 0 aliphatic heterocycles. The van der Waals surface area contributed by atoms with E-state index in [0.717, 1.165) is 11.5 Å². The van der Waals surface area contributed by atoms with E-state index in [1.54, 1.807) is 0 Å². The number of hydrogen-bond acceptors (Lipinski definition) is 2. The highest BCUT2D eigenvalue weighted by atomic mass is 16.3. The summed E-state index contributed by atoms with van der Waals surface area (Å²) in [5, 5.41) is 13.8. The Hall–Kier alpha value is -0.860. The first-order chi connectivity index (χ1) is 7.58. The van der Waals surface area contributed by atoms with Crippen molar-refractivity contribution in [2.75, 3.05) is 6.54 Å². The summed E-state index contributed by atoms with van der Waals surface area (Å²) < 4.78 is 0. The Bertz CT molecular complexity index is 328. The van der Waals surface area contributed by atoms with Gasteiger partial charge in [-0.15, -0.1) is 0 Å². The van der Waals surface area contributed by atoms with E-state index in [0.29, 0.717) is 12.6 Å². The first-order valence-corrected chi connectivity index (χ1v) is 6.09. The Morgan fingerprint density at radius 1 is 1.31 bits per heavy atom. The van der Waals surface area contributed by atoms with Crippen LogP contribution >= 0.6 is 0 Å². The second kappa shape index (κ2) is 4.56. The van der Waals surface area contributed by atoms with Crippen molar-refractivity contribution in [3.05, 3.63) is 35.9 Å². The molecule has 1 aromatic carbocycles. The molecule has 1 aromatic rings. The molecule has 2 N–H and O–H groups in total. The van der Waals surface area contributed by atoms with Crippen molar-refractivity contribution in [3.8, 4) is 0 Å². The number of hydrogen-bond donors (Lipinski definition) is 2. The maximum absolute atomic E-state index is 10.4. The molecule has 1 aliphatic carbocycles. The summed E-state index contributed by atoms with van der Waals surface area (Å²) in [6.45, 7) is 4.78. The predicted molar refractivity (Wildman–Crippen MR) is 66.2 cm³/mol. The van der Waals surface area contributed by atoms with Crippen LogP contribution in [-0.2, 0) is 5.60 Å². The molecule has 0 saturated heterocycles. The van der Waals surface area contributed by atoms with Crippen molar-refractivity contribution in [1.82, 2.24) is 5.32 Å². The average molecular weight is 219 g/mol. The van der Waals surface area contributed by atoms with Crippen LogP contribution in [0.5, 0.6) is 0 Å². The monoisotopic (exact) mass is 219 g/mol. The quantitative estimate of drug-likeness (QED) is 0.814. The van der Waals surface area contributed by atoms with Crippen molar-refractivity contribution in [2.45, 2.75) is 38.3 Å². The van der Waals surface area contributed by atoms with E-state index >= 15 is 0 Å². The normalized spacial score (nSPS) is 28.2. The van der Waals surface area contributed by atoms with Crippen molar-refractivity contribution >= 4 is 0 Å². The minimum atomic E-state index is -0.764. The van der Waals surface area contributed by atoms with Crippen LogP contribution in [0.1, 0.15) is 32.3 Å². The Balaban J connectivity index is 1.88. The zero-order chi connectivity index (χ0) is 11.6. The summed E-state index contributed by atoms with van der Waals surface area (Å²) in [6.07, 6.45) is 2.48. The van der Waals surface area contributed by atoms with Crippen LogP contribution in [0.4, 0.5) is 0 Å². The molecule has 0 heterocycles. The molecule has 0 radical (unpaired) electrons. The lowest BCUT2D eigenvalue weighted by Crippen LogP contribution is -2.46. The first-order valence-electron chi connectivity index (χ1n) is 6.09. The molecular formula is C14H21NO. The predicted octanol–water partition coefficient (Wildman–Crippen LogP) is 2.28. The van der Waals surface area contributed by atoms with Gasteiger partial charge in [0.25, 0.3) is 0 Å². The number of benzene rings is 1. The van der Waals surface area contributed by atoms with E-state index in [1.807, 2.05) is 37.3 Å². The molecule has 0 spiro atoms. The number of aliphatic hydroxyl groups is 1. The molecule has 0 aromatic heterocycles. The van der Waals surface area contributed by atoms with Crippen LogP contribution in [0.15, 0.2) is 30.3 Å². The molecule has 1 atom stereocenters. The van der Waals surface area contributed by atoms with Gasteiger partial charge in [0.05, 0.1) is 5.60 Å². The summed E-state index contributed by atoms with van der Waals surface area (Å²) in [7, 11) is 0. The van der Waals surface area contributed by atoms with Gasteiger partial charge in [0, 0.05) is 12.6 Å². The number of rotatable bonds is 4. The summed E-state index contributed by atoms with van der Waals surface area (Å²) in [5.74, 6) is 0.846. The molecule has 2 rings (SSSR count). The highest BCUT2D eigenvalue weighted by Crippen LogP contribution is 2.27. The van der Waals surface area contributed by atoms with Crippen LogP contribution in [0.25, 0.3) is 0 Å². The lowest BCUT2D eigenvalue weighted by Gasteiger charge is -2.36. The Labute approximate surface area is 97.7 Å². The minimum Gasteiger partial charge on any atom is -0.384 e. The van der Waals surface area contributed by atoms with Gasteiger partial charge in [-0.3, -0.25) is 0 Å². The van der Waals surface area contributed by atoms with Crippen LogP contribution in [0.3, 0.4) is 0 Å². The fourth-order valence-electron chi connectivity index (χ4n) is 2.31. The Morgan fingerprint density at radius 3 is 2.50 bits per heavy atom. The topological polar surface area (TPSA) is 32.3 Å². The largest absolute Gasteiger partial charge is 0.384 e. The van der Waals surface area contributed by atoms with E-state index in [-0.39, 0.29) is 0 Å². The zero-order valence-electron chi connectivity index (χ0n) is 10.1. The van der Waals surface area contributed by atoms with Gasteiger partial charge in [-0.2, -0.15) is 0 Å². The van der Waals surface area contributed by atoms with E-state index in [4.69, 9.17) is 0 Å². The molecular weight excluding hydrogens is 198 g/mol. The van der Waals surface area contributed by atoms with E-state index in [2.05, 4.69) is 12.2 Å². The lowest BCUT2D eigenvalue weighted by molar-refractivity contribution is 0.0470. The molecule has 1 aliphatic rings. The van der Waals surface area contributed by atoms with E-state index < -0.39 is 5.60 Å². The maximum atomic E-state index is 10.4.